The van der Waals surface area contributed by atoms with Crippen molar-refractivity contribution in [2.24, 2.45) is 5.16 Å². The van der Waals surface area contributed by atoms with Crippen molar-refractivity contribution in [2.45, 2.75) is 16.0 Å². The molecule has 3 aromatic rings. The molecule has 0 saturated heterocycles. The Morgan fingerprint density at radius 3 is 2.55 bits per heavy atom. The number of carbonyl (C=O) groups excluding carboxylic acids is 1. The van der Waals surface area contributed by atoms with Gasteiger partial charge in [-0.1, -0.05) is 40.7 Å². The molecular weight excluding hydrogens is 453 g/mol. The molecule has 0 amide bonds. The third kappa shape index (κ3) is 5.99. The Labute approximate surface area is 184 Å². The van der Waals surface area contributed by atoms with Gasteiger partial charge in [-0.15, -0.1) is 0 Å². The molecule has 0 saturated carbocycles. The molecule has 0 unspecified atom stereocenters. The Morgan fingerprint density at radius 2 is 1.87 bits per heavy atom. The van der Waals surface area contributed by atoms with Gasteiger partial charge in [0, 0.05) is 21.0 Å². The van der Waals surface area contributed by atoms with Crippen LogP contribution in [-0.2, 0) is 11.0 Å². The van der Waals surface area contributed by atoms with E-state index in [-0.39, 0.29) is 16.2 Å². The second-order valence-corrected chi connectivity index (χ2v) is 7.53. The molecule has 5 nitrogen and oxygen atoms in total. The van der Waals surface area contributed by atoms with Crippen LogP contribution >= 0.6 is 23.4 Å². The second kappa shape index (κ2) is 9.84. The number of nitrogens with zero attached hydrogens (tertiary/aromatic N) is 2. The van der Waals surface area contributed by atoms with Crippen LogP contribution in [0.3, 0.4) is 0 Å². The summed E-state index contributed by atoms with van der Waals surface area (Å²) in [5, 5.41) is 4.09. The minimum Gasteiger partial charge on any atom is -0.496 e. The summed E-state index contributed by atoms with van der Waals surface area (Å²) in [7, 11) is 1.40. The Balaban J connectivity index is 1.85. The molecule has 0 aliphatic carbocycles. The molecule has 0 bridgehead atoms. The summed E-state index contributed by atoms with van der Waals surface area (Å²) in [5.41, 5.74) is -0.661. The van der Waals surface area contributed by atoms with Gasteiger partial charge < -0.3 is 9.57 Å². The number of oxime groups is 1. The van der Waals surface area contributed by atoms with Crippen LogP contribution in [0, 0.1) is 0 Å². The van der Waals surface area contributed by atoms with E-state index in [4.69, 9.17) is 21.2 Å². The number of para-hydroxylation sites is 1. The fourth-order valence-electron chi connectivity index (χ4n) is 2.41. The maximum Gasteiger partial charge on any atom is 0.417 e. The normalized spacial score (nSPS) is 11.5. The molecule has 0 aliphatic heterocycles. The van der Waals surface area contributed by atoms with Gasteiger partial charge in [0.25, 0.3) is 0 Å². The van der Waals surface area contributed by atoms with Crippen LogP contribution in [0.2, 0.25) is 5.02 Å². The number of alkyl halides is 3. The van der Waals surface area contributed by atoms with Crippen molar-refractivity contribution in [3.05, 3.63) is 82.6 Å². The quantitative estimate of drug-likeness (QED) is 0.249. The van der Waals surface area contributed by atoms with Crippen molar-refractivity contribution < 1.29 is 27.5 Å². The minimum absolute atomic E-state index is 0.0979. The van der Waals surface area contributed by atoms with E-state index in [9.17, 15) is 18.0 Å². The summed E-state index contributed by atoms with van der Waals surface area (Å²) >= 11 is 6.89. The van der Waals surface area contributed by atoms with E-state index in [1.54, 1.807) is 42.5 Å². The van der Waals surface area contributed by atoms with Crippen LogP contribution in [0.5, 0.6) is 5.75 Å². The lowest BCUT2D eigenvalue weighted by molar-refractivity contribution is -0.138. The zero-order valence-corrected chi connectivity index (χ0v) is 17.5. The number of carbonyl (C=O) groups is 1. The van der Waals surface area contributed by atoms with Crippen molar-refractivity contribution in [3.8, 4) is 5.75 Å². The summed E-state index contributed by atoms with van der Waals surface area (Å²) in [6, 6.07) is 13.9. The Kier molecular flexibility index (Phi) is 7.19. The van der Waals surface area contributed by atoms with Gasteiger partial charge in [0.05, 0.1) is 24.6 Å². The average Bonchev–Trinajstić information content (AvgIpc) is 2.75. The summed E-state index contributed by atoms with van der Waals surface area (Å²) < 4.78 is 44.5. The van der Waals surface area contributed by atoms with E-state index >= 15 is 0 Å². The number of benzene rings is 2. The highest BCUT2D eigenvalue weighted by molar-refractivity contribution is 7.99. The molecule has 0 N–H and O–H groups in total. The molecule has 10 heteroatoms. The maximum atomic E-state index is 13.1. The number of halogens is 4. The Morgan fingerprint density at radius 1 is 1.16 bits per heavy atom. The Bertz CT molecular complexity index is 1110. The molecule has 1 heterocycles. The molecular formula is C21H14ClF3N2O3S. The summed E-state index contributed by atoms with van der Waals surface area (Å²) in [6.07, 6.45) is -2.80. The second-order valence-electron chi connectivity index (χ2n) is 5.97. The number of rotatable bonds is 6. The van der Waals surface area contributed by atoms with Gasteiger partial charge in [0.2, 0.25) is 0 Å². The molecule has 0 fully saturated rings. The van der Waals surface area contributed by atoms with Crippen molar-refractivity contribution in [1.29, 1.82) is 0 Å². The first-order valence-corrected chi connectivity index (χ1v) is 9.86. The highest BCUT2D eigenvalue weighted by Gasteiger charge is 2.31. The molecule has 0 aliphatic rings. The zero-order valence-electron chi connectivity index (χ0n) is 15.9. The molecule has 3 rings (SSSR count). The summed E-state index contributed by atoms with van der Waals surface area (Å²) in [6.45, 7) is 0. The molecule has 0 atom stereocenters. The first-order chi connectivity index (χ1) is 14.8. The average molecular weight is 467 g/mol. The number of ether oxygens (including phenoxy) is 1. The van der Waals surface area contributed by atoms with Crippen molar-refractivity contribution in [1.82, 2.24) is 4.98 Å². The first-order valence-electron chi connectivity index (χ1n) is 8.66. The fraction of sp³-hybridized carbons (Fsp3) is 0.0952. The molecule has 31 heavy (non-hydrogen) atoms. The molecule has 160 valence electrons. The Hall–Kier alpha value is -3.04. The van der Waals surface area contributed by atoms with Gasteiger partial charge in [-0.05, 0) is 42.5 Å². The number of hydrogen-bond donors (Lipinski definition) is 0. The van der Waals surface area contributed by atoms with Gasteiger partial charge in [-0.25, -0.2) is 4.79 Å². The third-order valence-electron chi connectivity index (χ3n) is 3.89. The lowest BCUT2D eigenvalue weighted by atomic mass is 10.2. The highest BCUT2D eigenvalue weighted by Crippen LogP contribution is 2.35. The predicted molar refractivity (Wildman–Crippen MR) is 111 cm³/mol. The maximum absolute atomic E-state index is 13.1. The van der Waals surface area contributed by atoms with Gasteiger partial charge in [0.1, 0.15) is 11.3 Å². The first kappa shape index (κ1) is 22.6. The van der Waals surface area contributed by atoms with Crippen molar-refractivity contribution >= 4 is 35.5 Å². The predicted octanol–water partition coefficient (Wildman–Crippen LogP) is 6.10. The van der Waals surface area contributed by atoms with Crippen LogP contribution in [0.25, 0.3) is 0 Å². The monoisotopic (exact) mass is 466 g/mol. The van der Waals surface area contributed by atoms with Crippen LogP contribution < -0.4 is 4.74 Å². The van der Waals surface area contributed by atoms with Crippen LogP contribution in [0.4, 0.5) is 13.2 Å². The third-order valence-corrected chi connectivity index (χ3v) is 5.19. The largest absolute Gasteiger partial charge is 0.496 e. The molecule has 0 spiro atoms. The molecule has 2 aromatic carbocycles. The molecule has 1 aromatic heterocycles. The van der Waals surface area contributed by atoms with E-state index < -0.39 is 17.7 Å². The van der Waals surface area contributed by atoms with Crippen LogP contribution in [0.1, 0.15) is 21.6 Å². The topological polar surface area (TPSA) is 60.8 Å². The number of hydrogen-bond acceptors (Lipinski definition) is 6. The van der Waals surface area contributed by atoms with E-state index in [1.165, 1.54) is 13.2 Å². The fourth-order valence-corrected chi connectivity index (χ4v) is 3.45. The van der Waals surface area contributed by atoms with E-state index in [2.05, 4.69) is 10.1 Å². The van der Waals surface area contributed by atoms with Gasteiger partial charge >= 0.3 is 12.1 Å². The van der Waals surface area contributed by atoms with Gasteiger partial charge in [0.15, 0.2) is 0 Å². The smallest absolute Gasteiger partial charge is 0.417 e. The lowest BCUT2D eigenvalue weighted by Crippen LogP contribution is -2.07. The summed E-state index contributed by atoms with van der Waals surface area (Å²) in [5.74, 6) is -0.484. The van der Waals surface area contributed by atoms with Crippen LogP contribution in [-0.4, -0.2) is 24.3 Å². The highest BCUT2D eigenvalue weighted by atomic mass is 35.5. The SMILES string of the molecule is COc1ccccc1C(=O)ON=Cc1ncc(C(F)(F)F)cc1Sc1ccc(Cl)cc1. The number of aromatic nitrogens is 1. The van der Waals surface area contributed by atoms with Crippen LogP contribution in [0.15, 0.2) is 75.7 Å². The zero-order chi connectivity index (χ0) is 22.4. The van der Waals surface area contributed by atoms with E-state index in [0.717, 1.165) is 24.0 Å². The van der Waals surface area contributed by atoms with Crippen molar-refractivity contribution in [2.75, 3.05) is 7.11 Å². The summed E-state index contributed by atoms with van der Waals surface area (Å²) in [4.78, 5) is 21.7. The van der Waals surface area contributed by atoms with Gasteiger partial charge in [-0.3, -0.25) is 4.98 Å². The lowest BCUT2D eigenvalue weighted by Gasteiger charge is -2.10. The van der Waals surface area contributed by atoms with E-state index in [0.29, 0.717) is 21.9 Å². The van der Waals surface area contributed by atoms with Gasteiger partial charge in [-0.2, -0.15) is 13.2 Å². The molecule has 0 radical (unpaired) electrons. The number of pyridine rings is 1. The van der Waals surface area contributed by atoms with E-state index in [1.807, 2.05) is 0 Å². The standard InChI is InChI=1S/C21H14ClF3N2O3S/c1-29-18-5-3-2-4-16(18)20(28)30-27-12-17-19(10-13(11-26-17)21(23,24)25)31-15-8-6-14(22)7-9-15/h2-12H,1H3. The van der Waals surface area contributed by atoms with Crippen molar-refractivity contribution in [3.63, 3.8) is 0 Å². The number of methoxy groups -OCH3 is 1. The minimum atomic E-state index is -4.56.